The maximum atomic E-state index is 15.3. The lowest BCUT2D eigenvalue weighted by Gasteiger charge is -2.35. The molecule has 6 aromatic rings. The van der Waals surface area contributed by atoms with Crippen LogP contribution in [0.2, 0.25) is 10.0 Å². The number of hydrogen-bond acceptors (Lipinski definition) is 6. The van der Waals surface area contributed by atoms with Crippen molar-refractivity contribution in [2.24, 2.45) is 20.0 Å². The number of carboxylic acids is 1. The highest BCUT2D eigenvalue weighted by molar-refractivity contribution is 6.35. The summed E-state index contributed by atoms with van der Waals surface area (Å²) in [6, 6.07) is 13.0. The number of benzene rings is 3. The van der Waals surface area contributed by atoms with Gasteiger partial charge in [0.25, 0.3) is 5.91 Å². The minimum absolute atomic E-state index is 0.116. The van der Waals surface area contributed by atoms with E-state index < -0.39 is 5.97 Å². The molecule has 56 heavy (non-hydrogen) atoms. The molecule has 2 aliphatic rings. The van der Waals surface area contributed by atoms with Crippen molar-refractivity contribution >= 4 is 62.6 Å². The van der Waals surface area contributed by atoms with Crippen LogP contribution in [0.25, 0.3) is 32.9 Å². The number of fused-ring (bicyclic) bond motifs is 4. The molecule has 1 amide bonds. The van der Waals surface area contributed by atoms with Crippen molar-refractivity contribution in [2.75, 3.05) is 37.9 Å². The first kappa shape index (κ1) is 37.9. The first-order chi connectivity index (χ1) is 26.7. The molecule has 3 aromatic carbocycles. The molecule has 0 radical (unpaired) electrons. The second-order valence-corrected chi connectivity index (χ2v) is 16.0. The number of aromatic nitrogens is 4. The Kier molecular flexibility index (Phi) is 9.83. The quantitative estimate of drug-likeness (QED) is 0.130. The summed E-state index contributed by atoms with van der Waals surface area (Å²) < 4.78 is 23.5. The molecule has 13 heteroatoms. The highest BCUT2D eigenvalue weighted by Gasteiger charge is 2.38. The van der Waals surface area contributed by atoms with E-state index in [1.165, 1.54) is 0 Å². The Balaban J connectivity index is 1.27. The van der Waals surface area contributed by atoms with Crippen molar-refractivity contribution in [1.29, 1.82) is 0 Å². The number of aryl methyl sites for hydroxylation is 6. The average molecular weight is 799 g/mol. The molecule has 0 unspecified atom stereocenters. The number of carbonyl (C=O) groups excluding carboxylic acids is 1. The summed E-state index contributed by atoms with van der Waals surface area (Å²) in [7, 11) is 3.64. The van der Waals surface area contributed by atoms with Gasteiger partial charge < -0.3 is 33.4 Å². The Labute approximate surface area is 335 Å². The standard InChI is InChI=1S/C43H45Cl2N5O6/c1-22-13-29(14-23(2)38(22)45)55-12-8-9-31-32-10-11-33(44)37(36-25(4)46-48(7)26(36)5)40(32)50-24(3)18-49(42(51)41(31)50)34-17-30(56-21-27-19-54-20-27)15-28-16-35(43(52)53)47(6)39(28)34/h10-11,13-17,24,27H,8-9,12,18-21H2,1-7H3,(H,52,53)/t24-/m1/s1. The fourth-order valence-corrected chi connectivity index (χ4v) is 8.84. The minimum Gasteiger partial charge on any atom is -0.494 e. The lowest BCUT2D eigenvalue weighted by Crippen LogP contribution is -2.43. The maximum absolute atomic E-state index is 15.3. The van der Waals surface area contributed by atoms with E-state index in [-0.39, 0.29) is 23.6 Å². The normalized spacial score (nSPS) is 15.8. The molecule has 0 spiro atoms. The SMILES string of the molecule is Cc1cc(OCCCc2c3n(c4c(-c5c(C)nn(C)c5C)c(Cl)ccc24)[C@H](C)CN(c2cc(OCC4COC4)cc4cc(C(=O)O)n(C)c24)C3=O)cc(C)c1Cl. The molecule has 0 saturated carbocycles. The lowest BCUT2D eigenvalue weighted by atomic mass is 9.98. The first-order valence-electron chi connectivity index (χ1n) is 18.9. The summed E-state index contributed by atoms with van der Waals surface area (Å²) in [6.45, 7) is 12.5. The molecule has 0 aliphatic carbocycles. The van der Waals surface area contributed by atoms with Crippen LogP contribution in [0.3, 0.4) is 0 Å². The van der Waals surface area contributed by atoms with Crippen molar-refractivity contribution in [3.8, 4) is 22.6 Å². The van der Waals surface area contributed by atoms with Gasteiger partial charge in [-0.3, -0.25) is 9.48 Å². The molecular weight excluding hydrogens is 753 g/mol. The van der Waals surface area contributed by atoms with E-state index in [0.29, 0.717) is 78.9 Å². The van der Waals surface area contributed by atoms with Gasteiger partial charge in [0.05, 0.1) is 53.9 Å². The van der Waals surface area contributed by atoms with E-state index in [4.69, 9.17) is 42.5 Å². The average Bonchev–Trinajstić information content (AvgIpc) is 3.74. The fraction of sp³-hybridized carbons (Fsp3) is 0.372. The van der Waals surface area contributed by atoms with Crippen LogP contribution in [-0.2, 0) is 25.3 Å². The number of hydrogen-bond donors (Lipinski definition) is 1. The number of rotatable bonds is 11. The second-order valence-electron chi connectivity index (χ2n) is 15.3. The van der Waals surface area contributed by atoms with E-state index in [9.17, 15) is 9.90 Å². The molecule has 0 bridgehead atoms. The largest absolute Gasteiger partial charge is 0.494 e. The van der Waals surface area contributed by atoms with E-state index in [2.05, 4.69) is 11.5 Å². The summed E-state index contributed by atoms with van der Waals surface area (Å²) in [5.41, 5.74) is 9.22. The lowest BCUT2D eigenvalue weighted by molar-refractivity contribution is -0.0508. The number of halogens is 2. The van der Waals surface area contributed by atoms with E-state index in [1.807, 2.05) is 75.8 Å². The highest BCUT2D eigenvalue weighted by Crippen LogP contribution is 2.46. The molecule has 1 saturated heterocycles. The van der Waals surface area contributed by atoms with Crippen LogP contribution in [0.5, 0.6) is 11.5 Å². The first-order valence-corrected chi connectivity index (χ1v) is 19.6. The summed E-state index contributed by atoms with van der Waals surface area (Å²) in [5.74, 6) is 0.347. The molecular formula is C43H45Cl2N5O6. The van der Waals surface area contributed by atoms with Crippen LogP contribution in [0, 0.1) is 33.6 Å². The summed E-state index contributed by atoms with van der Waals surface area (Å²) >= 11 is 13.6. The number of aromatic carboxylic acids is 1. The Bertz CT molecular complexity index is 2560. The van der Waals surface area contributed by atoms with Crippen LogP contribution in [-0.4, -0.2) is 68.9 Å². The Morgan fingerprint density at radius 2 is 1.68 bits per heavy atom. The number of ether oxygens (including phenoxy) is 3. The topological polar surface area (TPSA) is 113 Å². The van der Waals surface area contributed by atoms with Gasteiger partial charge in [-0.2, -0.15) is 5.10 Å². The van der Waals surface area contributed by atoms with E-state index in [1.54, 1.807) is 22.6 Å². The molecule has 1 N–H and O–H groups in total. The van der Waals surface area contributed by atoms with Gasteiger partial charge in [-0.25, -0.2) is 4.79 Å². The molecule has 3 aromatic heterocycles. The third-order valence-corrected chi connectivity index (χ3v) is 12.3. The third kappa shape index (κ3) is 6.30. The number of anilines is 1. The monoisotopic (exact) mass is 797 g/mol. The number of amides is 1. The van der Waals surface area contributed by atoms with E-state index >= 15 is 4.79 Å². The van der Waals surface area contributed by atoms with Gasteiger partial charge >= 0.3 is 5.97 Å². The van der Waals surface area contributed by atoms with Gasteiger partial charge in [0.2, 0.25) is 0 Å². The molecule has 2 aliphatic heterocycles. The van der Waals surface area contributed by atoms with Crippen LogP contribution >= 0.6 is 23.2 Å². The second kappa shape index (κ2) is 14.5. The fourth-order valence-electron chi connectivity index (χ4n) is 8.48. The molecule has 5 heterocycles. The van der Waals surface area contributed by atoms with Crippen molar-refractivity contribution in [1.82, 2.24) is 18.9 Å². The van der Waals surface area contributed by atoms with Crippen LogP contribution in [0.15, 0.2) is 42.5 Å². The van der Waals surface area contributed by atoms with Gasteiger partial charge in [-0.1, -0.05) is 29.3 Å². The number of nitrogens with zero attached hydrogens (tertiary/aromatic N) is 5. The maximum Gasteiger partial charge on any atom is 0.352 e. The van der Waals surface area contributed by atoms with Gasteiger partial charge in [0, 0.05) is 71.3 Å². The molecule has 1 atom stereocenters. The van der Waals surface area contributed by atoms with Gasteiger partial charge in [-0.05, 0) is 94.5 Å². The Morgan fingerprint density at radius 1 is 0.964 bits per heavy atom. The third-order valence-electron chi connectivity index (χ3n) is 11.3. The molecule has 1 fully saturated rings. The zero-order valence-electron chi connectivity index (χ0n) is 32.6. The summed E-state index contributed by atoms with van der Waals surface area (Å²) in [6.07, 6.45) is 1.19. The molecule has 11 nitrogen and oxygen atoms in total. The predicted molar refractivity (Wildman–Crippen MR) is 219 cm³/mol. The highest BCUT2D eigenvalue weighted by atomic mass is 35.5. The van der Waals surface area contributed by atoms with Crippen LogP contribution < -0.4 is 14.4 Å². The van der Waals surface area contributed by atoms with Crippen molar-refractivity contribution < 1.29 is 28.9 Å². The number of carbonyl (C=O) groups is 2. The van der Waals surface area contributed by atoms with Crippen LogP contribution in [0.1, 0.15) is 68.4 Å². The predicted octanol–water partition coefficient (Wildman–Crippen LogP) is 9.03. The molecule has 292 valence electrons. The Morgan fingerprint density at radius 3 is 2.32 bits per heavy atom. The summed E-state index contributed by atoms with van der Waals surface area (Å²) in [4.78, 5) is 29.5. The smallest absolute Gasteiger partial charge is 0.352 e. The summed E-state index contributed by atoms with van der Waals surface area (Å²) in [5, 5.41) is 17.8. The number of carboxylic acid groups (broad SMARTS) is 1. The van der Waals surface area contributed by atoms with Gasteiger partial charge in [0.15, 0.2) is 0 Å². The van der Waals surface area contributed by atoms with Crippen molar-refractivity contribution in [3.05, 3.63) is 92.0 Å². The van der Waals surface area contributed by atoms with Gasteiger partial charge in [-0.15, -0.1) is 0 Å². The minimum atomic E-state index is -1.05. The van der Waals surface area contributed by atoms with Crippen molar-refractivity contribution in [2.45, 2.75) is 53.5 Å². The van der Waals surface area contributed by atoms with Gasteiger partial charge in [0.1, 0.15) is 22.9 Å². The Hall–Kier alpha value is -4.97. The van der Waals surface area contributed by atoms with Crippen molar-refractivity contribution in [3.63, 3.8) is 0 Å². The zero-order valence-corrected chi connectivity index (χ0v) is 34.1. The van der Waals surface area contributed by atoms with E-state index in [0.717, 1.165) is 60.9 Å². The van der Waals surface area contributed by atoms with Crippen LogP contribution in [0.4, 0.5) is 5.69 Å². The molecule has 8 rings (SSSR count). The zero-order chi connectivity index (χ0) is 39.7.